The summed E-state index contributed by atoms with van der Waals surface area (Å²) < 4.78 is 4.97. The molecule has 17 heavy (non-hydrogen) atoms. The van der Waals surface area contributed by atoms with E-state index in [-0.39, 0.29) is 19.8 Å². The molecule has 1 aromatic rings. The lowest BCUT2D eigenvalue weighted by Crippen LogP contribution is -2.24. The van der Waals surface area contributed by atoms with Crippen LogP contribution in [0.4, 0.5) is 4.79 Å². The average molecular weight is 233 g/mol. The Bertz CT molecular complexity index is 392. The van der Waals surface area contributed by atoms with Gasteiger partial charge in [0.15, 0.2) is 0 Å². The van der Waals surface area contributed by atoms with Crippen molar-refractivity contribution in [2.45, 2.75) is 13.0 Å². The van der Waals surface area contributed by atoms with Crippen LogP contribution in [0, 0.1) is 11.8 Å². The predicted molar refractivity (Wildman–Crippen MR) is 64.1 cm³/mol. The molecule has 4 nitrogen and oxygen atoms in total. The number of hydrogen-bond donors (Lipinski definition) is 2. The molecule has 1 aromatic carbocycles. The first-order valence-corrected chi connectivity index (χ1v) is 5.34. The number of alkyl carbamates (subject to hydrolysis) is 1. The van der Waals surface area contributed by atoms with Gasteiger partial charge in [0.25, 0.3) is 0 Å². The maximum Gasteiger partial charge on any atom is 0.408 e. The molecule has 0 aromatic heterocycles. The molecule has 0 aliphatic rings. The van der Waals surface area contributed by atoms with E-state index in [2.05, 4.69) is 17.2 Å². The van der Waals surface area contributed by atoms with Crippen molar-refractivity contribution in [3.05, 3.63) is 35.9 Å². The number of benzene rings is 1. The molecule has 0 aliphatic carbocycles. The van der Waals surface area contributed by atoms with Crippen LogP contribution in [0.3, 0.4) is 0 Å². The molecule has 0 spiro atoms. The van der Waals surface area contributed by atoms with Crippen LogP contribution < -0.4 is 5.32 Å². The van der Waals surface area contributed by atoms with E-state index in [0.29, 0.717) is 6.42 Å². The number of amides is 1. The fraction of sp³-hybridized carbons (Fsp3) is 0.308. The van der Waals surface area contributed by atoms with Gasteiger partial charge in [-0.1, -0.05) is 42.2 Å². The molecule has 0 atom stereocenters. The number of nitrogens with one attached hydrogen (secondary N) is 1. The standard InChI is InChI=1S/C13H15NO3/c15-10-6-2-5-9-14-13(16)17-11-12-7-3-1-4-8-12/h1,3-4,7-8,15H,6,9-11H2,(H,14,16). The zero-order chi connectivity index (χ0) is 12.3. The smallest absolute Gasteiger partial charge is 0.408 e. The summed E-state index contributed by atoms with van der Waals surface area (Å²) in [6.07, 6.45) is -0.0760. The highest BCUT2D eigenvalue weighted by atomic mass is 16.5. The molecule has 2 N–H and O–H groups in total. The van der Waals surface area contributed by atoms with E-state index in [1.54, 1.807) is 0 Å². The largest absolute Gasteiger partial charge is 0.445 e. The lowest BCUT2D eigenvalue weighted by molar-refractivity contribution is 0.141. The summed E-state index contributed by atoms with van der Waals surface area (Å²) in [6, 6.07) is 9.44. The maximum atomic E-state index is 11.2. The van der Waals surface area contributed by atoms with E-state index in [1.807, 2.05) is 30.3 Å². The third-order valence-electron chi connectivity index (χ3n) is 1.90. The lowest BCUT2D eigenvalue weighted by atomic mass is 10.2. The molecule has 0 saturated carbocycles. The van der Waals surface area contributed by atoms with Gasteiger partial charge in [-0.2, -0.15) is 0 Å². The maximum absolute atomic E-state index is 11.2. The quantitative estimate of drug-likeness (QED) is 0.771. The summed E-state index contributed by atoms with van der Waals surface area (Å²) in [5, 5.41) is 11.0. The third-order valence-corrected chi connectivity index (χ3v) is 1.90. The zero-order valence-corrected chi connectivity index (χ0v) is 9.48. The van der Waals surface area contributed by atoms with E-state index in [4.69, 9.17) is 9.84 Å². The van der Waals surface area contributed by atoms with Crippen LogP contribution in [-0.4, -0.2) is 24.4 Å². The van der Waals surface area contributed by atoms with Crippen molar-refractivity contribution in [2.24, 2.45) is 0 Å². The minimum atomic E-state index is -0.493. The summed E-state index contributed by atoms with van der Waals surface area (Å²) in [7, 11) is 0. The Hall–Kier alpha value is -1.99. The van der Waals surface area contributed by atoms with Crippen LogP contribution in [0.25, 0.3) is 0 Å². The SMILES string of the molecule is O=C(NCC#CCCO)OCc1ccccc1. The first-order valence-electron chi connectivity index (χ1n) is 5.34. The van der Waals surface area contributed by atoms with E-state index in [0.717, 1.165) is 5.56 Å². The van der Waals surface area contributed by atoms with Crippen LogP contribution >= 0.6 is 0 Å². The summed E-state index contributed by atoms with van der Waals surface area (Å²) in [6.45, 7) is 0.510. The lowest BCUT2D eigenvalue weighted by Gasteiger charge is -2.04. The first-order chi connectivity index (χ1) is 8.33. The molecule has 90 valence electrons. The molecule has 1 rings (SSSR count). The van der Waals surface area contributed by atoms with Gasteiger partial charge < -0.3 is 15.2 Å². The van der Waals surface area contributed by atoms with Crippen molar-refractivity contribution in [3.63, 3.8) is 0 Å². The van der Waals surface area contributed by atoms with Gasteiger partial charge in [0.2, 0.25) is 0 Å². The molecule has 0 fully saturated rings. The second kappa shape index (κ2) is 8.20. The van der Waals surface area contributed by atoms with E-state index >= 15 is 0 Å². The van der Waals surface area contributed by atoms with Crippen LogP contribution in [0.1, 0.15) is 12.0 Å². The van der Waals surface area contributed by atoms with Crippen LogP contribution in [0.15, 0.2) is 30.3 Å². The minimum Gasteiger partial charge on any atom is -0.445 e. The van der Waals surface area contributed by atoms with Crippen molar-refractivity contribution in [1.29, 1.82) is 0 Å². The number of aliphatic hydroxyl groups is 1. The Labute approximate surface area is 101 Å². The van der Waals surface area contributed by atoms with Gasteiger partial charge in [0, 0.05) is 6.42 Å². The van der Waals surface area contributed by atoms with Crippen LogP contribution in [-0.2, 0) is 11.3 Å². The fourth-order valence-corrected chi connectivity index (χ4v) is 1.10. The Morgan fingerprint density at radius 3 is 2.76 bits per heavy atom. The minimum absolute atomic E-state index is 0.0332. The average Bonchev–Trinajstić information content (AvgIpc) is 2.37. The molecule has 0 saturated heterocycles. The molecule has 0 bridgehead atoms. The van der Waals surface area contributed by atoms with Gasteiger partial charge in [-0.15, -0.1) is 0 Å². The number of carbonyl (C=O) groups excluding carboxylic acids is 1. The summed E-state index contributed by atoms with van der Waals surface area (Å²) in [5.74, 6) is 5.39. The van der Waals surface area contributed by atoms with Gasteiger partial charge >= 0.3 is 6.09 Å². The Morgan fingerprint density at radius 2 is 2.06 bits per heavy atom. The molecule has 1 amide bonds. The van der Waals surface area contributed by atoms with Crippen molar-refractivity contribution >= 4 is 6.09 Å². The molecule has 0 aliphatic heterocycles. The van der Waals surface area contributed by atoms with Gasteiger partial charge in [0.1, 0.15) is 6.61 Å². The summed E-state index contributed by atoms with van der Waals surface area (Å²) in [4.78, 5) is 11.2. The van der Waals surface area contributed by atoms with Crippen molar-refractivity contribution in [3.8, 4) is 11.8 Å². The second-order valence-corrected chi connectivity index (χ2v) is 3.24. The van der Waals surface area contributed by atoms with E-state index in [1.165, 1.54) is 0 Å². The second-order valence-electron chi connectivity index (χ2n) is 3.24. The number of aliphatic hydroxyl groups excluding tert-OH is 1. The van der Waals surface area contributed by atoms with Crippen molar-refractivity contribution in [1.82, 2.24) is 5.32 Å². The number of carbonyl (C=O) groups is 1. The Balaban J connectivity index is 2.16. The number of hydrogen-bond acceptors (Lipinski definition) is 3. The third kappa shape index (κ3) is 6.23. The predicted octanol–water partition coefficient (Wildman–Crippen LogP) is 1.30. The van der Waals surface area contributed by atoms with E-state index < -0.39 is 6.09 Å². The monoisotopic (exact) mass is 233 g/mol. The molecule has 0 unspecified atom stereocenters. The Morgan fingerprint density at radius 1 is 1.29 bits per heavy atom. The fourth-order valence-electron chi connectivity index (χ4n) is 1.10. The normalized spacial score (nSPS) is 9.00. The molecule has 0 radical (unpaired) electrons. The highest BCUT2D eigenvalue weighted by Crippen LogP contribution is 2.00. The molecule has 0 heterocycles. The van der Waals surface area contributed by atoms with Crippen LogP contribution in [0.2, 0.25) is 0 Å². The van der Waals surface area contributed by atoms with Gasteiger partial charge in [-0.3, -0.25) is 0 Å². The number of ether oxygens (including phenoxy) is 1. The highest BCUT2D eigenvalue weighted by Gasteiger charge is 1.99. The van der Waals surface area contributed by atoms with Gasteiger partial charge in [0.05, 0.1) is 13.2 Å². The first kappa shape index (κ1) is 13.1. The Kier molecular flexibility index (Phi) is 6.30. The highest BCUT2D eigenvalue weighted by molar-refractivity contribution is 5.67. The zero-order valence-electron chi connectivity index (χ0n) is 9.48. The summed E-state index contributed by atoms with van der Waals surface area (Å²) >= 11 is 0. The van der Waals surface area contributed by atoms with Crippen molar-refractivity contribution < 1.29 is 14.6 Å². The van der Waals surface area contributed by atoms with Crippen LogP contribution in [0.5, 0.6) is 0 Å². The van der Waals surface area contributed by atoms with Crippen molar-refractivity contribution in [2.75, 3.05) is 13.2 Å². The van der Waals surface area contributed by atoms with Gasteiger partial charge in [-0.25, -0.2) is 4.79 Å². The molecule has 4 heteroatoms. The number of rotatable bonds is 4. The molecular formula is C13H15NO3. The summed E-state index contributed by atoms with van der Waals surface area (Å²) in [5.41, 5.74) is 0.939. The molecular weight excluding hydrogens is 218 g/mol. The van der Waals surface area contributed by atoms with E-state index in [9.17, 15) is 4.79 Å². The van der Waals surface area contributed by atoms with Gasteiger partial charge in [-0.05, 0) is 5.56 Å². The topological polar surface area (TPSA) is 58.6 Å².